The molecule has 1 N–H and O–H groups in total. The molecule has 220 valence electrons. The van der Waals surface area contributed by atoms with Crippen LogP contribution in [0.2, 0.25) is 5.02 Å². The summed E-state index contributed by atoms with van der Waals surface area (Å²) in [5.74, 6) is 0.633. The van der Waals surface area contributed by atoms with Crippen LogP contribution < -0.4 is 38.6 Å². The van der Waals surface area contributed by atoms with Gasteiger partial charge in [-0.2, -0.15) is 4.57 Å². The maximum atomic E-state index is 12.9. The molecule has 0 aliphatic rings. The van der Waals surface area contributed by atoms with Crippen LogP contribution >= 0.6 is 11.6 Å². The number of pyridine rings is 1. The molecule has 1 unspecified atom stereocenters. The van der Waals surface area contributed by atoms with Gasteiger partial charge in [0.1, 0.15) is 12.3 Å². The highest BCUT2D eigenvalue weighted by atomic mass is 127. The second-order valence-electron chi connectivity index (χ2n) is 10.6. The van der Waals surface area contributed by atoms with E-state index in [9.17, 15) is 4.79 Å². The summed E-state index contributed by atoms with van der Waals surface area (Å²) in [6, 6.07) is 11.4. The summed E-state index contributed by atoms with van der Waals surface area (Å²) in [6.45, 7) is 7.87. The fourth-order valence-corrected chi connectivity index (χ4v) is 5.10. The van der Waals surface area contributed by atoms with Gasteiger partial charge >= 0.3 is 5.91 Å². The second kappa shape index (κ2) is 22.4. The lowest BCUT2D eigenvalue weighted by atomic mass is 10.0. The predicted octanol–water partition coefficient (Wildman–Crippen LogP) is 6.39. The number of nitrogens with zero attached hydrogens (tertiary/aromatic N) is 1. The fraction of sp³-hybridized carbons (Fsp3) is 0.636. The number of halogens is 2. The average molecular weight is 671 g/mol. The number of benzene rings is 1. The van der Waals surface area contributed by atoms with Gasteiger partial charge in [-0.15, -0.1) is 0 Å². The fourth-order valence-electron chi connectivity index (χ4n) is 4.85. The van der Waals surface area contributed by atoms with E-state index in [0.717, 1.165) is 24.9 Å². The Labute approximate surface area is 260 Å². The molecule has 0 bridgehead atoms. The van der Waals surface area contributed by atoms with Gasteiger partial charge in [-0.3, -0.25) is 4.79 Å². The summed E-state index contributed by atoms with van der Waals surface area (Å²) in [5, 5.41) is 3.69. The zero-order valence-corrected chi connectivity index (χ0v) is 27.6. The second-order valence-corrected chi connectivity index (χ2v) is 11.0. The van der Waals surface area contributed by atoms with Gasteiger partial charge in [0.15, 0.2) is 6.20 Å². The van der Waals surface area contributed by atoms with Crippen molar-refractivity contribution in [1.82, 2.24) is 5.32 Å². The van der Waals surface area contributed by atoms with Crippen LogP contribution in [-0.2, 0) is 6.54 Å². The number of amides is 1. The van der Waals surface area contributed by atoms with Gasteiger partial charge in [-0.25, -0.2) is 0 Å². The average Bonchev–Trinajstić information content (AvgIpc) is 2.92. The Morgan fingerprint density at radius 1 is 0.846 bits per heavy atom. The zero-order chi connectivity index (χ0) is 27.4. The molecule has 6 heteroatoms. The molecule has 0 aliphatic carbocycles. The van der Waals surface area contributed by atoms with Crippen molar-refractivity contribution in [2.45, 2.75) is 130 Å². The van der Waals surface area contributed by atoms with Gasteiger partial charge in [0, 0.05) is 18.6 Å². The van der Waals surface area contributed by atoms with E-state index < -0.39 is 0 Å². The summed E-state index contributed by atoms with van der Waals surface area (Å²) in [7, 11) is 0. The highest BCUT2D eigenvalue weighted by Gasteiger charge is 2.20. The summed E-state index contributed by atoms with van der Waals surface area (Å²) in [4.78, 5) is 12.9. The molecule has 1 aromatic carbocycles. The Hall–Kier alpha value is -1.34. The Kier molecular flexibility index (Phi) is 20.5. The lowest BCUT2D eigenvalue weighted by molar-refractivity contribution is -0.698. The number of hydrogen-bond donors (Lipinski definition) is 1. The van der Waals surface area contributed by atoms with Gasteiger partial charge in [-0.1, -0.05) is 115 Å². The van der Waals surface area contributed by atoms with E-state index >= 15 is 0 Å². The third kappa shape index (κ3) is 14.7. The third-order valence-corrected chi connectivity index (χ3v) is 7.49. The van der Waals surface area contributed by atoms with Crippen LogP contribution in [0.4, 0.5) is 0 Å². The Morgan fingerprint density at radius 2 is 1.44 bits per heavy atom. The highest BCUT2D eigenvalue weighted by Crippen LogP contribution is 2.28. The van der Waals surface area contributed by atoms with Crippen LogP contribution in [0.25, 0.3) is 0 Å². The maximum Gasteiger partial charge on any atom is 0.316 e. The van der Waals surface area contributed by atoms with Crippen LogP contribution in [0.15, 0.2) is 42.6 Å². The van der Waals surface area contributed by atoms with Crippen molar-refractivity contribution in [3.8, 4) is 5.75 Å². The minimum absolute atomic E-state index is 0. The number of aryl methyl sites for hydroxylation is 1. The molecular formula is C33H52ClIN2O2. The zero-order valence-electron chi connectivity index (χ0n) is 24.7. The first-order valence-corrected chi connectivity index (χ1v) is 15.7. The number of ether oxygens (including phenoxy) is 1. The third-order valence-electron chi connectivity index (χ3n) is 7.20. The van der Waals surface area contributed by atoms with Crippen LogP contribution in [0.5, 0.6) is 5.75 Å². The maximum absolute atomic E-state index is 12.9. The number of hydrogen-bond acceptors (Lipinski definition) is 2. The molecule has 2 rings (SSSR count). The van der Waals surface area contributed by atoms with Gasteiger partial charge < -0.3 is 34.0 Å². The van der Waals surface area contributed by atoms with E-state index in [1.54, 1.807) is 0 Å². The molecule has 1 heterocycles. The molecule has 2 aromatic rings. The lowest BCUT2D eigenvalue weighted by Gasteiger charge is -2.16. The van der Waals surface area contributed by atoms with E-state index in [1.165, 1.54) is 83.5 Å². The van der Waals surface area contributed by atoms with E-state index in [1.807, 2.05) is 54.1 Å². The number of carbonyl (C=O) groups is 1. The number of carbonyl (C=O) groups excluding carboxylic acids is 1. The Bertz CT molecular complexity index is 924. The van der Waals surface area contributed by atoms with Gasteiger partial charge in [-0.05, 0) is 37.1 Å². The minimum Gasteiger partial charge on any atom is -1.00 e. The smallest absolute Gasteiger partial charge is 0.316 e. The molecule has 0 saturated heterocycles. The molecular weight excluding hydrogens is 619 g/mol. The van der Waals surface area contributed by atoms with Gasteiger partial charge in [0.25, 0.3) is 5.69 Å². The molecule has 0 saturated carbocycles. The van der Waals surface area contributed by atoms with Crippen molar-refractivity contribution in [3.05, 3.63) is 58.9 Å². The van der Waals surface area contributed by atoms with Gasteiger partial charge in [0.2, 0.25) is 0 Å². The number of rotatable bonds is 21. The normalized spacial score (nSPS) is 11.6. The summed E-state index contributed by atoms with van der Waals surface area (Å²) in [6.07, 6.45) is 21.8. The van der Waals surface area contributed by atoms with Gasteiger partial charge in [0.05, 0.1) is 17.7 Å². The molecule has 0 radical (unpaired) electrons. The molecule has 4 nitrogen and oxygen atoms in total. The first kappa shape index (κ1) is 35.7. The summed E-state index contributed by atoms with van der Waals surface area (Å²) >= 11 is 6.52. The van der Waals surface area contributed by atoms with Crippen LogP contribution in [0.1, 0.15) is 139 Å². The van der Waals surface area contributed by atoms with Crippen LogP contribution in [0, 0.1) is 0 Å². The van der Waals surface area contributed by atoms with Crippen LogP contribution in [-0.4, -0.2) is 12.5 Å². The van der Waals surface area contributed by atoms with Crippen LogP contribution in [0.3, 0.4) is 0 Å². The van der Waals surface area contributed by atoms with E-state index in [-0.39, 0.29) is 35.9 Å². The molecule has 0 aliphatic heterocycles. The monoisotopic (exact) mass is 670 g/mol. The van der Waals surface area contributed by atoms with E-state index in [0.29, 0.717) is 23.1 Å². The van der Waals surface area contributed by atoms with E-state index in [2.05, 4.69) is 19.2 Å². The van der Waals surface area contributed by atoms with E-state index in [4.69, 9.17) is 16.3 Å². The number of unbranched alkanes of at least 4 members (excludes halogenated alkanes) is 13. The van der Waals surface area contributed by atoms with Crippen molar-refractivity contribution in [2.24, 2.45) is 0 Å². The van der Waals surface area contributed by atoms with Crippen molar-refractivity contribution in [2.75, 3.05) is 6.61 Å². The summed E-state index contributed by atoms with van der Waals surface area (Å²) in [5.41, 5.74) is 1.63. The standard InChI is InChI=1S/C33H51ClN2O2.HI/c1-4-6-7-8-9-10-11-12-13-14-15-16-17-20-26-38-32-23-22-29(27-30(32)34)28(3)35-33(37)31-21-18-19-25-36(31)24-5-2;/h18-19,21-23,25,27-28H,4-17,20,24,26H2,1-3H3;1H. The summed E-state index contributed by atoms with van der Waals surface area (Å²) < 4.78 is 7.94. The molecule has 1 amide bonds. The minimum atomic E-state index is -0.157. The predicted molar refractivity (Wildman–Crippen MR) is 160 cm³/mol. The van der Waals surface area contributed by atoms with Crippen molar-refractivity contribution >= 4 is 17.5 Å². The Balaban J connectivity index is 0.00000760. The SMILES string of the molecule is CCCCCCCCCCCCCCCCOc1ccc(C(C)NC(=O)c2cccc[n+]2CCC)cc1Cl.[I-]. The van der Waals surface area contributed by atoms with Crippen molar-refractivity contribution in [3.63, 3.8) is 0 Å². The first-order chi connectivity index (χ1) is 18.6. The quantitative estimate of drug-likeness (QED) is 0.0951. The number of aromatic nitrogens is 1. The molecule has 0 fully saturated rings. The first-order valence-electron chi connectivity index (χ1n) is 15.3. The molecule has 39 heavy (non-hydrogen) atoms. The largest absolute Gasteiger partial charge is 1.00 e. The highest BCUT2D eigenvalue weighted by molar-refractivity contribution is 6.32. The Morgan fingerprint density at radius 3 is 2.00 bits per heavy atom. The lowest BCUT2D eigenvalue weighted by Crippen LogP contribution is -3.00. The van der Waals surface area contributed by atoms with Crippen molar-refractivity contribution < 1.29 is 38.1 Å². The number of nitrogens with one attached hydrogen (secondary N) is 1. The molecule has 1 atom stereocenters. The topological polar surface area (TPSA) is 42.2 Å². The van der Waals surface area contributed by atoms with Crippen molar-refractivity contribution in [1.29, 1.82) is 0 Å². The molecule has 0 spiro atoms. The molecule has 1 aromatic heterocycles.